The maximum absolute atomic E-state index is 13.6. The number of hydrogen-bond acceptors (Lipinski definition) is 7. The van der Waals surface area contributed by atoms with E-state index in [1.54, 1.807) is 6.92 Å². The molecular weight excluding hydrogens is 466 g/mol. The highest BCUT2D eigenvalue weighted by atomic mass is 79.9. The number of ether oxygens (including phenoxy) is 3. The molecule has 1 N–H and O–H groups in total. The van der Waals surface area contributed by atoms with Crippen LogP contribution in [-0.2, 0) is 28.6 Å². The predicted molar refractivity (Wildman–Crippen MR) is 117 cm³/mol. The predicted octanol–water partition coefficient (Wildman–Crippen LogP) is 3.25. The number of dihydropyridines is 1. The zero-order chi connectivity index (χ0) is 22.7. The van der Waals surface area contributed by atoms with Gasteiger partial charge in [-0.25, -0.2) is 4.79 Å². The van der Waals surface area contributed by atoms with Crippen molar-refractivity contribution in [1.82, 2.24) is 5.32 Å². The third-order valence-corrected chi connectivity index (χ3v) is 6.16. The van der Waals surface area contributed by atoms with Gasteiger partial charge in [-0.05, 0) is 37.0 Å². The summed E-state index contributed by atoms with van der Waals surface area (Å²) < 4.78 is 16.1. The van der Waals surface area contributed by atoms with Crippen LogP contribution >= 0.6 is 15.9 Å². The van der Waals surface area contributed by atoms with Gasteiger partial charge in [0.25, 0.3) is 0 Å². The van der Waals surface area contributed by atoms with Crippen LogP contribution in [0.2, 0.25) is 0 Å². The smallest absolute Gasteiger partial charge is 0.336 e. The van der Waals surface area contributed by atoms with Crippen LogP contribution in [0, 0.1) is 11.8 Å². The van der Waals surface area contributed by atoms with Crippen molar-refractivity contribution in [2.75, 3.05) is 27.4 Å². The number of allylic oxidation sites excluding steroid dienone is 3. The minimum Gasteiger partial charge on any atom is -0.468 e. The highest BCUT2D eigenvalue weighted by molar-refractivity contribution is 9.10. The second-order valence-corrected chi connectivity index (χ2v) is 8.63. The molecule has 3 atom stereocenters. The molecule has 0 bridgehead atoms. The molecule has 1 aliphatic heterocycles. The van der Waals surface area contributed by atoms with Crippen molar-refractivity contribution >= 4 is 33.7 Å². The Balaban J connectivity index is 2.12. The maximum Gasteiger partial charge on any atom is 0.336 e. The summed E-state index contributed by atoms with van der Waals surface area (Å²) in [6.07, 6.45) is 0.495. The lowest BCUT2D eigenvalue weighted by Gasteiger charge is -2.38. The van der Waals surface area contributed by atoms with Crippen molar-refractivity contribution in [2.24, 2.45) is 11.8 Å². The summed E-state index contributed by atoms with van der Waals surface area (Å²) in [7, 11) is 2.80. The van der Waals surface area contributed by atoms with Gasteiger partial charge in [0.05, 0.1) is 19.3 Å². The van der Waals surface area contributed by atoms with E-state index in [1.807, 2.05) is 31.2 Å². The molecule has 0 fully saturated rings. The summed E-state index contributed by atoms with van der Waals surface area (Å²) in [6, 6.07) is 7.45. The molecule has 31 heavy (non-hydrogen) atoms. The number of nitrogens with one attached hydrogen (secondary N) is 1. The Hall–Kier alpha value is -2.45. The summed E-state index contributed by atoms with van der Waals surface area (Å²) in [4.78, 5) is 39.0. The van der Waals surface area contributed by atoms with E-state index in [9.17, 15) is 14.4 Å². The van der Waals surface area contributed by atoms with E-state index >= 15 is 0 Å². The van der Waals surface area contributed by atoms with Crippen LogP contribution in [-0.4, -0.2) is 45.2 Å². The Bertz CT molecular complexity index is 967. The third kappa shape index (κ3) is 4.60. The van der Waals surface area contributed by atoms with Gasteiger partial charge in [0.1, 0.15) is 12.5 Å². The van der Waals surface area contributed by atoms with Gasteiger partial charge in [-0.2, -0.15) is 0 Å². The molecule has 1 aliphatic carbocycles. The van der Waals surface area contributed by atoms with Crippen LogP contribution in [0.5, 0.6) is 0 Å². The first kappa shape index (κ1) is 23.2. The fourth-order valence-electron chi connectivity index (χ4n) is 4.27. The molecule has 1 aromatic carbocycles. The summed E-state index contributed by atoms with van der Waals surface area (Å²) in [6.45, 7) is 4.01. The average Bonchev–Trinajstić information content (AvgIpc) is 2.72. The Morgan fingerprint density at radius 1 is 1.23 bits per heavy atom. The number of carbonyl (C=O) groups excluding carboxylic acids is 3. The number of ketones is 1. The lowest BCUT2D eigenvalue weighted by atomic mass is 9.69. The lowest BCUT2D eigenvalue weighted by Crippen LogP contribution is -2.43. The molecule has 0 unspecified atom stereocenters. The van der Waals surface area contributed by atoms with Crippen LogP contribution in [0.1, 0.15) is 31.7 Å². The molecule has 0 saturated heterocycles. The molecule has 0 saturated carbocycles. The number of rotatable bonds is 6. The number of benzene rings is 1. The number of halogens is 1. The van der Waals surface area contributed by atoms with E-state index in [2.05, 4.69) is 21.2 Å². The fraction of sp³-hybridized carbons (Fsp3) is 0.435. The molecule has 7 nitrogen and oxygen atoms in total. The van der Waals surface area contributed by atoms with Gasteiger partial charge in [-0.1, -0.05) is 35.0 Å². The quantitative estimate of drug-likeness (QED) is 0.371. The van der Waals surface area contributed by atoms with Crippen molar-refractivity contribution in [3.8, 4) is 0 Å². The third-order valence-electron chi connectivity index (χ3n) is 5.67. The molecule has 1 aromatic rings. The second kappa shape index (κ2) is 9.78. The molecule has 0 spiro atoms. The Labute approximate surface area is 189 Å². The van der Waals surface area contributed by atoms with Crippen LogP contribution in [0.25, 0.3) is 0 Å². The minimum absolute atomic E-state index is 0.0962. The number of carbonyl (C=O) groups is 3. The summed E-state index contributed by atoms with van der Waals surface area (Å²) in [5, 5.41) is 3.23. The van der Waals surface area contributed by atoms with Gasteiger partial charge in [0.15, 0.2) is 5.78 Å². The molecule has 2 aliphatic rings. The second-order valence-electron chi connectivity index (χ2n) is 7.72. The summed E-state index contributed by atoms with van der Waals surface area (Å²) in [5.74, 6) is -3.21. The van der Waals surface area contributed by atoms with E-state index in [1.165, 1.54) is 14.2 Å². The largest absolute Gasteiger partial charge is 0.468 e. The first-order chi connectivity index (χ1) is 14.8. The van der Waals surface area contributed by atoms with E-state index in [4.69, 9.17) is 14.2 Å². The van der Waals surface area contributed by atoms with Gasteiger partial charge < -0.3 is 19.5 Å². The highest BCUT2D eigenvalue weighted by Crippen LogP contribution is 2.45. The minimum atomic E-state index is -0.913. The lowest BCUT2D eigenvalue weighted by molar-refractivity contribution is -0.151. The van der Waals surface area contributed by atoms with Crippen molar-refractivity contribution in [2.45, 2.75) is 26.2 Å². The van der Waals surface area contributed by atoms with E-state index in [-0.39, 0.29) is 24.9 Å². The topological polar surface area (TPSA) is 90.9 Å². The molecular formula is C23H26BrNO6. The number of hydrogen-bond donors (Lipinski definition) is 1. The Morgan fingerprint density at radius 2 is 1.97 bits per heavy atom. The molecule has 3 rings (SSSR count). The van der Waals surface area contributed by atoms with Gasteiger partial charge in [0, 0.05) is 34.5 Å². The number of Topliss-reactive ketones (excluding diaryl/α,β-unsaturated/α-hetero) is 1. The van der Waals surface area contributed by atoms with Gasteiger partial charge in [-0.3, -0.25) is 9.59 Å². The highest BCUT2D eigenvalue weighted by Gasteiger charge is 2.47. The van der Waals surface area contributed by atoms with Crippen LogP contribution in [0.15, 0.2) is 51.3 Å². The number of esters is 2. The van der Waals surface area contributed by atoms with Crippen molar-refractivity contribution in [1.29, 1.82) is 0 Å². The normalized spacial score (nSPS) is 23.3. The monoisotopic (exact) mass is 491 g/mol. The molecule has 166 valence electrons. The van der Waals surface area contributed by atoms with Crippen molar-refractivity contribution < 1.29 is 28.6 Å². The van der Waals surface area contributed by atoms with E-state index in [0.717, 1.165) is 15.7 Å². The van der Waals surface area contributed by atoms with Crippen LogP contribution in [0.3, 0.4) is 0 Å². The number of methoxy groups -OCH3 is 2. The summed E-state index contributed by atoms with van der Waals surface area (Å²) >= 11 is 3.47. The zero-order valence-electron chi connectivity index (χ0n) is 18.0. The summed E-state index contributed by atoms with van der Waals surface area (Å²) in [5.41, 5.74) is 2.87. The average molecular weight is 492 g/mol. The SMILES string of the molecule is COCCOC(=O)C1=C(C)NC2=C(C(=O)[C@H](C(=O)OC)[C@@H](C)C2)[C@H]1c1cccc(Br)c1. The molecule has 0 radical (unpaired) electrons. The standard InChI is InChI=1S/C23H26BrNO6/c1-12-10-16-20(21(26)17(12)22(27)30-4)19(14-6-5-7-15(24)11-14)18(13(2)25-16)23(28)31-9-8-29-3/h5-7,11-12,17,19,25H,8-10H2,1-4H3/t12-,17+,19-/m0/s1. The first-order valence-electron chi connectivity index (χ1n) is 10.0. The molecule has 0 aromatic heterocycles. The molecule has 8 heteroatoms. The van der Waals surface area contributed by atoms with Crippen molar-refractivity contribution in [3.63, 3.8) is 0 Å². The molecule has 0 amide bonds. The Morgan fingerprint density at radius 3 is 2.61 bits per heavy atom. The van der Waals surface area contributed by atoms with Crippen LogP contribution in [0.4, 0.5) is 0 Å². The maximum atomic E-state index is 13.6. The van der Waals surface area contributed by atoms with E-state index < -0.39 is 23.8 Å². The molecule has 1 heterocycles. The first-order valence-corrected chi connectivity index (χ1v) is 10.8. The fourth-order valence-corrected chi connectivity index (χ4v) is 4.68. The Kier molecular flexibility index (Phi) is 7.33. The van der Waals surface area contributed by atoms with Crippen LogP contribution < -0.4 is 5.32 Å². The van der Waals surface area contributed by atoms with Gasteiger partial charge in [0.2, 0.25) is 0 Å². The van der Waals surface area contributed by atoms with E-state index in [0.29, 0.717) is 23.3 Å². The van der Waals surface area contributed by atoms with Crippen molar-refractivity contribution in [3.05, 3.63) is 56.8 Å². The van der Waals surface area contributed by atoms with Gasteiger partial charge in [-0.15, -0.1) is 0 Å². The zero-order valence-corrected chi connectivity index (χ0v) is 19.6. The van der Waals surface area contributed by atoms with Gasteiger partial charge >= 0.3 is 11.9 Å².